The van der Waals surface area contributed by atoms with E-state index >= 15 is 0 Å². The van der Waals surface area contributed by atoms with E-state index in [9.17, 15) is 22.4 Å². The van der Waals surface area contributed by atoms with Crippen molar-refractivity contribution in [2.45, 2.75) is 19.5 Å². The monoisotopic (exact) mass is 313 g/mol. The molecule has 0 spiro atoms. The van der Waals surface area contributed by atoms with Gasteiger partial charge in [-0.05, 0) is 18.2 Å². The number of nitrogens with one attached hydrogen (secondary N) is 1. The van der Waals surface area contributed by atoms with Crippen molar-refractivity contribution in [2.75, 3.05) is 5.32 Å². The van der Waals surface area contributed by atoms with Gasteiger partial charge in [-0.2, -0.15) is 13.2 Å². The van der Waals surface area contributed by atoms with E-state index in [1.807, 2.05) is 0 Å². The van der Waals surface area contributed by atoms with Crippen molar-refractivity contribution in [3.63, 3.8) is 0 Å². The van der Waals surface area contributed by atoms with Gasteiger partial charge >= 0.3 is 6.18 Å². The van der Waals surface area contributed by atoms with Crippen LogP contribution in [0.1, 0.15) is 19.0 Å². The average Bonchev–Trinajstić information content (AvgIpc) is 2.46. The van der Waals surface area contributed by atoms with Crippen LogP contribution in [0.4, 0.5) is 23.2 Å². The van der Waals surface area contributed by atoms with E-state index in [0.717, 1.165) is 18.3 Å². The molecule has 0 fully saturated rings. The summed E-state index contributed by atoms with van der Waals surface area (Å²) >= 11 is 0. The van der Waals surface area contributed by atoms with Gasteiger partial charge in [0.25, 0.3) is 0 Å². The van der Waals surface area contributed by atoms with Crippen LogP contribution in [0.15, 0.2) is 30.6 Å². The SMILES string of the molecule is CCC(=O)Nc1ccc(-c2cncc(F)c2)nc1C(F)(F)F. The maximum Gasteiger partial charge on any atom is 0.435 e. The Balaban J connectivity index is 2.50. The molecule has 0 aliphatic carbocycles. The van der Waals surface area contributed by atoms with E-state index in [-0.39, 0.29) is 17.7 Å². The number of pyridine rings is 2. The van der Waals surface area contributed by atoms with Gasteiger partial charge in [0.1, 0.15) is 5.82 Å². The quantitative estimate of drug-likeness (QED) is 0.880. The van der Waals surface area contributed by atoms with Crippen molar-refractivity contribution < 1.29 is 22.4 Å². The van der Waals surface area contributed by atoms with E-state index in [4.69, 9.17) is 0 Å². The zero-order chi connectivity index (χ0) is 16.3. The molecule has 8 heteroatoms. The molecule has 0 bridgehead atoms. The molecule has 0 saturated heterocycles. The molecule has 2 aromatic heterocycles. The average molecular weight is 313 g/mol. The minimum atomic E-state index is -4.76. The lowest BCUT2D eigenvalue weighted by Crippen LogP contribution is -2.17. The molecule has 116 valence electrons. The highest BCUT2D eigenvalue weighted by atomic mass is 19.4. The number of hydrogen-bond acceptors (Lipinski definition) is 3. The fraction of sp³-hybridized carbons (Fsp3) is 0.214. The van der Waals surface area contributed by atoms with Gasteiger partial charge in [0.05, 0.1) is 17.6 Å². The van der Waals surface area contributed by atoms with Crippen molar-refractivity contribution in [1.82, 2.24) is 9.97 Å². The summed E-state index contributed by atoms with van der Waals surface area (Å²) in [5, 5.41) is 2.15. The molecule has 1 amide bonds. The molecule has 0 aliphatic heterocycles. The number of anilines is 1. The molecular formula is C14H11F4N3O. The van der Waals surface area contributed by atoms with Gasteiger partial charge in [-0.25, -0.2) is 9.37 Å². The van der Waals surface area contributed by atoms with Crippen LogP contribution in [0.3, 0.4) is 0 Å². The third kappa shape index (κ3) is 3.57. The van der Waals surface area contributed by atoms with E-state index in [1.165, 1.54) is 19.2 Å². The van der Waals surface area contributed by atoms with Gasteiger partial charge in [-0.1, -0.05) is 6.92 Å². The Labute approximate surface area is 123 Å². The Hall–Kier alpha value is -2.51. The van der Waals surface area contributed by atoms with Crippen LogP contribution in [0, 0.1) is 5.82 Å². The second-order valence-corrected chi connectivity index (χ2v) is 4.38. The van der Waals surface area contributed by atoms with E-state index < -0.39 is 29.3 Å². The topological polar surface area (TPSA) is 54.9 Å². The summed E-state index contributed by atoms with van der Waals surface area (Å²) in [6, 6.07) is 3.38. The molecule has 0 aliphatic rings. The smallest absolute Gasteiger partial charge is 0.324 e. The first-order chi connectivity index (χ1) is 10.3. The van der Waals surface area contributed by atoms with Crippen molar-refractivity contribution in [3.05, 3.63) is 42.1 Å². The van der Waals surface area contributed by atoms with Crippen molar-refractivity contribution in [1.29, 1.82) is 0 Å². The van der Waals surface area contributed by atoms with Gasteiger partial charge in [-0.15, -0.1) is 0 Å². The van der Waals surface area contributed by atoms with Crippen LogP contribution in [0.5, 0.6) is 0 Å². The van der Waals surface area contributed by atoms with Crippen LogP contribution >= 0.6 is 0 Å². The number of rotatable bonds is 3. The molecule has 2 heterocycles. The summed E-state index contributed by atoms with van der Waals surface area (Å²) in [6.45, 7) is 1.52. The van der Waals surface area contributed by atoms with Gasteiger partial charge < -0.3 is 5.32 Å². The first kappa shape index (κ1) is 15.9. The number of halogens is 4. The Kier molecular flexibility index (Phi) is 4.39. The maximum absolute atomic E-state index is 13.1. The lowest BCUT2D eigenvalue weighted by atomic mass is 10.1. The lowest BCUT2D eigenvalue weighted by molar-refractivity contribution is -0.140. The first-order valence-electron chi connectivity index (χ1n) is 6.30. The fourth-order valence-electron chi connectivity index (χ4n) is 1.73. The van der Waals surface area contributed by atoms with Gasteiger partial charge in [0.2, 0.25) is 5.91 Å². The summed E-state index contributed by atoms with van der Waals surface area (Å²) in [6.07, 6.45) is -2.58. The molecule has 0 unspecified atom stereocenters. The fourth-order valence-corrected chi connectivity index (χ4v) is 1.73. The highest BCUT2D eigenvalue weighted by Crippen LogP contribution is 2.35. The summed E-state index contributed by atoms with van der Waals surface area (Å²) in [7, 11) is 0. The Morgan fingerprint density at radius 1 is 1.27 bits per heavy atom. The van der Waals surface area contributed by atoms with Crippen LogP contribution in [-0.4, -0.2) is 15.9 Å². The standard InChI is InChI=1S/C14H11F4N3O/c1-2-12(22)20-11-4-3-10(21-13(11)14(16,17)18)8-5-9(15)7-19-6-8/h3-7H,2H2,1H3,(H,20,22). The molecule has 0 aromatic carbocycles. The van der Waals surface area contributed by atoms with Crippen LogP contribution in [0.25, 0.3) is 11.3 Å². The number of nitrogens with zero attached hydrogens (tertiary/aromatic N) is 2. The van der Waals surface area contributed by atoms with Crippen LogP contribution < -0.4 is 5.32 Å². The molecule has 2 aromatic rings. The molecule has 0 saturated carbocycles. The number of carbonyl (C=O) groups excluding carboxylic acids is 1. The highest BCUT2D eigenvalue weighted by molar-refractivity contribution is 5.91. The van der Waals surface area contributed by atoms with E-state index in [0.29, 0.717) is 0 Å². The summed E-state index contributed by atoms with van der Waals surface area (Å²) < 4.78 is 52.3. The number of amides is 1. The summed E-state index contributed by atoms with van der Waals surface area (Å²) in [5.74, 6) is -1.25. The van der Waals surface area contributed by atoms with Crippen LogP contribution in [-0.2, 0) is 11.0 Å². The second kappa shape index (κ2) is 6.08. The third-order valence-corrected chi connectivity index (χ3v) is 2.76. The van der Waals surface area contributed by atoms with Crippen LogP contribution in [0.2, 0.25) is 0 Å². The van der Waals surface area contributed by atoms with E-state index in [2.05, 4.69) is 15.3 Å². The van der Waals surface area contributed by atoms with Gasteiger partial charge in [-0.3, -0.25) is 9.78 Å². The van der Waals surface area contributed by atoms with Crippen molar-refractivity contribution >= 4 is 11.6 Å². The van der Waals surface area contributed by atoms with Gasteiger partial charge in [0, 0.05) is 18.2 Å². The number of alkyl halides is 3. The van der Waals surface area contributed by atoms with E-state index in [1.54, 1.807) is 0 Å². The maximum atomic E-state index is 13.1. The molecular weight excluding hydrogens is 302 g/mol. The zero-order valence-corrected chi connectivity index (χ0v) is 11.4. The summed E-state index contributed by atoms with van der Waals surface area (Å²) in [4.78, 5) is 18.4. The summed E-state index contributed by atoms with van der Waals surface area (Å²) in [5.41, 5.74) is -1.66. The number of carbonyl (C=O) groups is 1. The molecule has 1 N–H and O–H groups in total. The van der Waals surface area contributed by atoms with Gasteiger partial charge in [0.15, 0.2) is 5.69 Å². The Morgan fingerprint density at radius 3 is 2.59 bits per heavy atom. The van der Waals surface area contributed by atoms with Crippen molar-refractivity contribution in [2.24, 2.45) is 0 Å². The largest absolute Gasteiger partial charge is 0.435 e. The zero-order valence-electron chi connectivity index (χ0n) is 11.4. The molecule has 22 heavy (non-hydrogen) atoms. The highest BCUT2D eigenvalue weighted by Gasteiger charge is 2.36. The first-order valence-corrected chi connectivity index (χ1v) is 6.30. The predicted molar refractivity (Wildman–Crippen MR) is 71.3 cm³/mol. The molecule has 2 rings (SSSR count). The normalized spacial score (nSPS) is 11.3. The number of hydrogen-bond donors (Lipinski definition) is 1. The molecule has 0 atom stereocenters. The molecule has 0 radical (unpaired) electrons. The second-order valence-electron chi connectivity index (χ2n) is 4.38. The number of aromatic nitrogens is 2. The minimum Gasteiger partial charge on any atom is -0.324 e. The Bertz CT molecular complexity index is 701. The Morgan fingerprint density at radius 2 is 2.00 bits per heavy atom. The van der Waals surface area contributed by atoms with Crippen molar-refractivity contribution in [3.8, 4) is 11.3 Å². The predicted octanol–water partition coefficient (Wildman–Crippen LogP) is 3.65. The minimum absolute atomic E-state index is 0.0346. The lowest BCUT2D eigenvalue weighted by Gasteiger charge is -2.14. The molecule has 4 nitrogen and oxygen atoms in total. The third-order valence-electron chi connectivity index (χ3n) is 2.76.